The van der Waals surface area contributed by atoms with Gasteiger partial charge in [0.2, 0.25) is 5.88 Å². The Balaban J connectivity index is 1.63. The zero-order valence-corrected chi connectivity index (χ0v) is 13.3. The van der Waals surface area contributed by atoms with Crippen LogP contribution >= 0.6 is 0 Å². The van der Waals surface area contributed by atoms with Gasteiger partial charge >= 0.3 is 5.97 Å². The maximum atomic E-state index is 12.5. The van der Waals surface area contributed by atoms with Gasteiger partial charge in [0.25, 0.3) is 5.91 Å². The van der Waals surface area contributed by atoms with Crippen LogP contribution in [0.1, 0.15) is 49.4 Å². The van der Waals surface area contributed by atoms with Crippen molar-refractivity contribution in [2.75, 3.05) is 13.1 Å². The van der Waals surface area contributed by atoms with Crippen molar-refractivity contribution in [3.05, 3.63) is 23.9 Å². The lowest BCUT2D eigenvalue weighted by Gasteiger charge is -2.20. The predicted molar refractivity (Wildman–Crippen MR) is 83.4 cm³/mol. The van der Waals surface area contributed by atoms with Gasteiger partial charge in [-0.05, 0) is 45.1 Å². The van der Waals surface area contributed by atoms with Gasteiger partial charge in [0.1, 0.15) is 6.10 Å². The fourth-order valence-corrected chi connectivity index (χ4v) is 3.25. The van der Waals surface area contributed by atoms with Gasteiger partial charge in [0.05, 0.1) is 11.0 Å². The number of aromatic nitrogens is 1. The minimum absolute atomic E-state index is 0.171. The van der Waals surface area contributed by atoms with Gasteiger partial charge in [-0.15, -0.1) is 0 Å². The molecule has 6 nitrogen and oxygen atoms in total. The Hall–Kier alpha value is -2.11. The summed E-state index contributed by atoms with van der Waals surface area (Å²) in [6, 6.07) is 3.42. The summed E-state index contributed by atoms with van der Waals surface area (Å²) in [6.07, 6.45) is 6.73. The first-order chi connectivity index (χ1) is 11.0. The topological polar surface area (TPSA) is 79.7 Å². The maximum Gasteiger partial charge on any atom is 0.311 e. The molecule has 0 bridgehead atoms. The molecule has 0 aromatic carbocycles. The molecule has 1 aromatic heterocycles. The number of hydrogen-bond donors (Lipinski definition) is 1. The van der Waals surface area contributed by atoms with Gasteiger partial charge in [-0.2, -0.15) is 0 Å². The van der Waals surface area contributed by atoms with E-state index < -0.39 is 11.4 Å². The lowest BCUT2D eigenvalue weighted by atomic mass is 9.90. The first kappa shape index (κ1) is 15.8. The molecular formula is C17H22N2O4. The average Bonchev–Trinajstić information content (AvgIpc) is 3.18. The van der Waals surface area contributed by atoms with E-state index in [1.807, 2.05) is 0 Å². The number of carboxylic acid groups (broad SMARTS) is 1. The quantitative estimate of drug-likeness (QED) is 0.921. The van der Waals surface area contributed by atoms with Crippen molar-refractivity contribution >= 4 is 11.9 Å². The number of amides is 1. The van der Waals surface area contributed by atoms with E-state index in [-0.39, 0.29) is 18.6 Å². The summed E-state index contributed by atoms with van der Waals surface area (Å²) < 4.78 is 5.79. The molecule has 1 aliphatic carbocycles. The van der Waals surface area contributed by atoms with Crippen molar-refractivity contribution in [1.82, 2.24) is 9.88 Å². The number of aliphatic carboxylic acids is 1. The Labute approximate surface area is 135 Å². The van der Waals surface area contributed by atoms with Crippen LogP contribution in [-0.2, 0) is 4.79 Å². The second kappa shape index (κ2) is 6.18. The summed E-state index contributed by atoms with van der Waals surface area (Å²) in [5, 5.41) is 9.25. The normalized spacial score (nSPS) is 24.8. The molecule has 2 aliphatic rings. The lowest BCUT2D eigenvalue weighted by Crippen LogP contribution is -2.34. The first-order valence-electron chi connectivity index (χ1n) is 8.13. The standard InChI is InChI=1S/C17H22N2O4/c1-17(16(21)22)8-9-19(11-17)15(20)12-6-7-14(18-10-12)23-13-4-2-3-5-13/h6-7,10,13H,2-5,8-9,11H2,1H3,(H,21,22). The number of rotatable bonds is 4. The van der Waals surface area contributed by atoms with Crippen LogP contribution in [0, 0.1) is 5.41 Å². The van der Waals surface area contributed by atoms with Crippen LogP contribution in [0.4, 0.5) is 0 Å². The van der Waals surface area contributed by atoms with Crippen LogP contribution in [0.5, 0.6) is 5.88 Å². The van der Waals surface area contributed by atoms with Gasteiger partial charge in [-0.1, -0.05) is 0 Å². The zero-order chi connectivity index (χ0) is 16.4. The highest BCUT2D eigenvalue weighted by atomic mass is 16.5. The number of likely N-dealkylation sites (tertiary alicyclic amines) is 1. The first-order valence-corrected chi connectivity index (χ1v) is 8.13. The smallest absolute Gasteiger partial charge is 0.311 e. The summed E-state index contributed by atoms with van der Waals surface area (Å²) in [5.41, 5.74) is -0.382. The van der Waals surface area contributed by atoms with E-state index in [0.29, 0.717) is 24.4 Å². The van der Waals surface area contributed by atoms with E-state index in [0.717, 1.165) is 12.8 Å². The maximum absolute atomic E-state index is 12.5. The molecule has 1 amide bonds. The summed E-state index contributed by atoms with van der Waals surface area (Å²) in [5.74, 6) is -0.480. The Morgan fingerprint density at radius 1 is 1.35 bits per heavy atom. The number of nitrogens with zero attached hydrogens (tertiary/aromatic N) is 2. The van der Waals surface area contributed by atoms with Crippen LogP contribution < -0.4 is 4.74 Å². The average molecular weight is 318 g/mol. The molecule has 6 heteroatoms. The second-order valence-electron chi connectivity index (χ2n) is 6.75. The van der Waals surface area contributed by atoms with E-state index in [2.05, 4.69) is 4.98 Å². The fourth-order valence-electron chi connectivity index (χ4n) is 3.25. The van der Waals surface area contributed by atoms with Gasteiger partial charge < -0.3 is 14.7 Å². The van der Waals surface area contributed by atoms with E-state index >= 15 is 0 Å². The predicted octanol–water partition coefficient (Wildman–Crippen LogP) is 2.34. The van der Waals surface area contributed by atoms with Crippen LogP contribution in [0.3, 0.4) is 0 Å². The summed E-state index contributed by atoms with van der Waals surface area (Å²) in [7, 11) is 0. The fraction of sp³-hybridized carbons (Fsp3) is 0.588. The molecule has 124 valence electrons. The number of pyridine rings is 1. The lowest BCUT2D eigenvalue weighted by molar-refractivity contribution is -0.147. The van der Waals surface area contributed by atoms with Crippen LogP contribution in [0.15, 0.2) is 18.3 Å². The minimum atomic E-state index is -0.855. The molecule has 1 atom stereocenters. The van der Waals surface area contributed by atoms with Crippen LogP contribution in [0.25, 0.3) is 0 Å². The molecule has 23 heavy (non-hydrogen) atoms. The van der Waals surface area contributed by atoms with Gasteiger partial charge in [-0.3, -0.25) is 9.59 Å². The highest BCUT2D eigenvalue weighted by Gasteiger charge is 2.42. The van der Waals surface area contributed by atoms with E-state index in [1.165, 1.54) is 19.0 Å². The molecule has 1 saturated carbocycles. The number of hydrogen-bond acceptors (Lipinski definition) is 4. The van der Waals surface area contributed by atoms with Gasteiger partial charge in [0, 0.05) is 25.4 Å². The number of ether oxygens (including phenoxy) is 1. The van der Waals surface area contributed by atoms with Crippen molar-refractivity contribution in [3.63, 3.8) is 0 Å². The minimum Gasteiger partial charge on any atom is -0.481 e. The Morgan fingerprint density at radius 3 is 2.65 bits per heavy atom. The number of carboxylic acids is 1. The molecular weight excluding hydrogens is 296 g/mol. The molecule has 0 radical (unpaired) electrons. The zero-order valence-electron chi connectivity index (χ0n) is 13.3. The molecule has 1 aromatic rings. The van der Waals surface area contributed by atoms with Crippen molar-refractivity contribution in [3.8, 4) is 5.88 Å². The van der Waals surface area contributed by atoms with E-state index in [9.17, 15) is 14.7 Å². The highest BCUT2D eigenvalue weighted by molar-refractivity contribution is 5.94. The van der Waals surface area contributed by atoms with Crippen molar-refractivity contribution in [2.45, 2.75) is 45.1 Å². The third kappa shape index (κ3) is 3.30. The number of carbonyl (C=O) groups is 2. The molecule has 1 aliphatic heterocycles. The van der Waals surface area contributed by atoms with E-state index in [1.54, 1.807) is 24.0 Å². The van der Waals surface area contributed by atoms with Crippen LogP contribution in [0.2, 0.25) is 0 Å². The second-order valence-corrected chi connectivity index (χ2v) is 6.75. The Kier molecular flexibility index (Phi) is 4.24. The third-order valence-electron chi connectivity index (χ3n) is 4.85. The summed E-state index contributed by atoms with van der Waals surface area (Å²) >= 11 is 0. The van der Waals surface area contributed by atoms with Crippen molar-refractivity contribution in [1.29, 1.82) is 0 Å². The monoisotopic (exact) mass is 318 g/mol. The molecule has 1 saturated heterocycles. The number of carbonyl (C=O) groups excluding carboxylic acids is 1. The molecule has 0 spiro atoms. The third-order valence-corrected chi connectivity index (χ3v) is 4.85. The molecule has 1 N–H and O–H groups in total. The van der Waals surface area contributed by atoms with Crippen LogP contribution in [-0.4, -0.2) is 46.1 Å². The van der Waals surface area contributed by atoms with Crippen molar-refractivity contribution in [2.24, 2.45) is 5.41 Å². The largest absolute Gasteiger partial charge is 0.481 e. The molecule has 2 fully saturated rings. The van der Waals surface area contributed by atoms with Gasteiger partial charge in [0.15, 0.2) is 0 Å². The summed E-state index contributed by atoms with van der Waals surface area (Å²) in [6.45, 7) is 2.38. The Bertz CT molecular complexity index is 595. The van der Waals surface area contributed by atoms with E-state index in [4.69, 9.17) is 4.74 Å². The highest BCUT2D eigenvalue weighted by Crippen LogP contribution is 2.31. The van der Waals surface area contributed by atoms with Crippen molar-refractivity contribution < 1.29 is 19.4 Å². The summed E-state index contributed by atoms with van der Waals surface area (Å²) in [4.78, 5) is 29.5. The SMILES string of the molecule is CC1(C(=O)O)CCN(C(=O)c2ccc(OC3CCCC3)nc2)C1. The Morgan fingerprint density at radius 2 is 2.09 bits per heavy atom. The molecule has 1 unspecified atom stereocenters. The van der Waals surface area contributed by atoms with Gasteiger partial charge in [-0.25, -0.2) is 4.98 Å². The molecule has 3 rings (SSSR count). The molecule has 2 heterocycles.